The first kappa shape index (κ1) is 19.8. The highest BCUT2D eigenvalue weighted by Crippen LogP contribution is 2.50. The Morgan fingerprint density at radius 2 is 1.00 bits per heavy atom. The van der Waals surface area contributed by atoms with Crippen LogP contribution in [0.2, 0.25) is 0 Å². The van der Waals surface area contributed by atoms with Crippen LogP contribution >= 0.6 is 0 Å². The number of hydrogen-bond acceptors (Lipinski definition) is 1. The van der Waals surface area contributed by atoms with Crippen molar-refractivity contribution in [3.05, 3.63) is 114 Å². The van der Waals surface area contributed by atoms with E-state index in [0.29, 0.717) is 0 Å². The minimum atomic E-state index is 1.05. The Balaban J connectivity index is 1.60. The highest BCUT2D eigenvalue weighted by atomic mass is 15.1. The predicted molar refractivity (Wildman–Crippen MR) is 142 cm³/mol. The molecule has 0 atom stereocenters. The Morgan fingerprint density at radius 3 is 1.55 bits per heavy atom. The minimum absolute atomic E-state index is 1.05. The topological polar surface area (TPSA) is 3.24 Å². The molecule has 0 saturated heterocycles. The number of rotatable bonds is 5. The van der Waals surface area contributed by atoms with E-state index in [2.05, 4.69) is 122 Å². The van der Waals surface area contributed by atoms with Crippen molar-refractivity contribution in [1.29, 1.82) is 0 Å². The number of benzene rings is 5. The molecule has 0 aromatic heterocycles. The molecule has 0 heterocycles. The second-order valence-electron chi connectivity index (χ2n) is 8.78. The summed E-state index contributed by atoms with van der Waals surface area (Å²) < 4.78 is 0. The van der Waals surface area contributed by atoms with Crippen LogP contribution in [0, 0.1) is 0 Å². The Morgan fingerprint density at radius 1 is 0.485 bits per heavy atom. The van der Waals surface area contributed by atoms with Crippen molar-refractivity contribution < 1.29 is 0 Å². The van der Waals surface area contributed by atoms with Gasteiger partial charge in [-0.25, -0.2) is 0 Å². The van der Waals surface area contributed by atoms with Gasteiger partial charge in [-0.3, -0.25) is 0 Å². The normalized spacial score (nSPS) is 11.6. The molecule has 0 N–H and O–H groups in total. The van der Waals surface area contributed by atoms with E-state index in [4.69, 9.17) is 0 Å². The van der Waals surface area contributed by atoms with Gasteiger partial charge in [0.25, 0.3) is 0 Å². The van der Waals surface area contributed by atoms with Gasteiger partial charge in [0, 0.05) is 16.8 Å². The molecule has 0 unspecified atom stereocenters. The monoisotopic (exact) mass is 425 g/mol. The molecule has 5 aromatic rings. The van der Waals surface area contributed by atoms with Crippen LogP contribution < -0.4 is 4.90 Å². The van der Waals surface area contributed by atoms with E-state index in [-0.39, 0.29) is 0 Å². The van der Waals surface area contributed by atoms with Crippen LogP contribution in [0.5, 0.6) is 0 Å². The van der Waals surface area contributed by atoms with Crippen molar-refractivity contribution in [2.45, 2.75) is 26.7 Å². The maximum atomic E-state index is 2.41. The lowest BCUT2D eigenvalue weighted by molar-refractivity contribution is 1.13. The van der Waals surface area contributed by atoms with Crippen LogP contribution in [0.15, 0.2) is 103 Å². The van der Waals surface area contributed by atoms with Crippen molar-refractivity contribution in [1.82, 2.24) is 0 Å². The van der Waals surface area contributed by atoms with Gasteiger partial charge < -0.3 is 4.90 Å². The van der Waals surface area contributed by atoms with E-state index in [1.165, 1.54) is 61.2 Å². The fourth-order valence-electron chi connectivity index (χ4n) is 5.18. The van der Waals surface area contributed by atoms with Gasteiger partial charge in [-0.2, -0.15) is 0 Å². The molecule has 0 amide bonds. The molecule has 0 bridgehead atoms. The minimum Gasteiger partial charge on any atom is -0.310 e. The number of fused-ring (bicyclic) bond motifs is 3. The van der Waals surface area contributed by atoms with Crippen LogP contribution in [0.25, 0.3) is 33.0 Å². The largest absolute Gasteiger partial charge is 0.310 e. The quantitative estimate of drug-likeness (QED) is 0.266. The van der Waals surface area contributed by atoms with Crippen LogP contribution in [-0.4, -0.2) is 0 Å². The van der Waals surface area contributed by atoms with Crippen LogP contribution in [0.1, 0.15) is 25.0 Å². The van der Waals surface area contributed by atoms with Crippen molar-refractivity contribution in [3.63, 3.8) is 0 Å². The van der Waals surface area contributed by atoms with Crippen molar-refractivity contribution >= 4 is 27.8 Å². The zero-order valence-electron chi connectivity index (χ0n) is 19.2. The highest BCUT2D eigenvalue weighted by molar-refractivity contribution is 6.19. The third-order valence-corrected chi connectivity index (χ3v) is 6.97. The molecule has 0 fully saturated rings. The van der Waals surface area contributed by atoms with Gasteiger partial charge in [0.1, 0.15) is 0 Å². The molecule has 1 heteroatoms. The first-order valence-corrected chi connectivity index (χ1v) is 11.9. The van der Waals surface area contributed by atoms with E-state index in [1.807, 2.05) is 0 Å². The number of anilines is 3. The van der Waals surface area contributed by atoms with Crippen molar-refractivity contribution in [2.24, 2.45) is 0 Å². The zero-order valence-corrected chi connectivity index (χ0v) is 19.2. The van der Waals surface area contributed by atoms with Gasteiger partial charge in [0.05, 0.1) is 5.69 Å². The maximum Gasteiger partial charge on any atom is 0.0540 e. The Labute approximate surface area is 195 Å². The average Bonchev–Trinajstić information content (AvgIpc) is 3.21. The number of nitrogens with zero attached hydrogens (tertiary/aromatic N) is 1. The van der Waals surface area contributed by atoms with E-state index in [0.717, 1.165) is 12.8 Å². The fraction of sp³-hybridized carbons (Fsp3) is 0.125. The molecule has 1 aliphatic rings. The molecule has 0 aliphatic heterocycles. The molecule has 0 saturated carbocycles. The fourth-order valence-corrected chi connectivity index (χ4v) is 5.18. The summed E-state index contributed by atoms with van der Waals surface area (Å²) in [6.45, 7) is 4.41. The summed E-state index contributed by atoms with van der Waals surface area (Å²) in [5.41, 5.74) is 11.6. The van der Waals surface area contributed by atoms with Crippen LogP contribution in [-0.2, 0) is 12.8 Å². The molecular weight excluding hydrogens is 398 g/mol. The second-order valence-corrected chi connectivity index (χ2v) is 8.78. The second kappa shape index (κ2) is 7.94. The molecule has 160 valence electrons. The zero-order chi connectivity index (χ0) is 22.4. The highest BCUT2D eigenvalue weighted by Gasteiger charge is 2.24. The third-order valence-electron chi connectivity index (χ3n) is 6.97. The van der Waals surface area contributed by atoms with E-state index >= 15 is 0 Å². The molecule has 5 aromatic carbocycles. The van der Waals surface area contributed by atoms with Crippen LogP contribution in [0.4, 0.5) is 17.1 Å². The summed E-state index contributed by atoms with van der Waals surface area (Å²) in [6.07, 6.45) is 2.09. The maximum absolute atomic E-state index is 2.41. The van der Waals surface area contributed by atoms with Gasteiger partial charge in [-0.05, 0) is 81.9 Å². The Bertz CT molecular complexity index is 1380. The third kappa shape index (κ3) is 3.15. The van der Waals surface area contributed by atoms with Gasteiger partial charge in [0.2, 0.25) is 0 Å². The average molecular weight is 426 g/mol. The van der Waals surface area contributed by atoms with Crippen LogP contribution in [0.3, 0.4) is 0 Å². The van der Waals surface area contributed by atoms with E-state index in [1.54, 1.807) is 0 Å². The molecule has 0 radical (unpaired) electrons. The molecule has 33 heavy (non-hydrogen) atoms. The van der Waals surface area contributed by atoms with E-state index in [9.17, 15) is 0 Å². The molecule has 6 rings (SSSR count). The summed E-state index contributed by atoms with van der Waals surface area (Å²) in [5, 5.41) is 2.65. The first-order valence-electron chi connectivity index (χ1n) is 11.9. The number of aryl methyl sites for hydroxylation is 2. The van der Waals surface area contributed by atoms with Gasteiger partial charge in [-0.1, -0.05) is 86.6 Å². The van der Waals surface area contributed by atoms with Gasteiger partial charge in [-0.15, -0.1) is 0 Å². The molecule has 1 nitrogen and oxygen atoms in total. The lowest BCUT2D eigenvalue weighted by atomic mass is 10.00. The molecule has 0 spiro atoms. The Kier molecular flexibility index (Phi) is 4.77. The lowest BCUT2D eigenvalue weighted by Crippen LogP contribution is -2.10. The first-order chi connectivity index (χ1) is 16.3. The predicted octanol–water partition coefficient (Wildman–Crippen LogP) is 9.08. The summed E-state index contributed by atoms with van der Waals surface area (Å²) in [7, 11) is 0. The smallest absolute Gasteiger partial charge is 0.0540 e. The molecule has 1 aliphatic carbocycles. The molecular formula is C32H27N. The summed E-state index contributed by atoms with van der Waals surface area (Å²) in [6, 6.07) is 38.1. The van der Waals surface area contributed by atoms with E-state index < -0.39 is 0 Å². The Hall–Kier alpha value is -3.84. The van der Waals surface area contributed by atoms with Crippen molar-refractivity contribution in [2.75, 3.05) is 4.90 Å². The van der Waals surface area contributed by atoms with Gasteiger partial charge in [0.15, 0.2) is 0 Å². The summed E-state index contributed by atoms with van der Waals surface area (Å²) in [4.78, 5) is 2.41. The SMILES string of the molecule is CCc1ccc(N(c2ccc(CC)cc2)c2ccc3c4c(cccc24)-c2ccccc2-3)cc1. The summed E-state index contributed by atoms with van der Waals surface area (Å²) >= 11 is 0. The summed E-state index contributed by atoms with van der Waals surface area (Å²) in [5.74, 6) is 0. The van der Waals surface area contributed by atoms with Crippen molar-refractivity contribution in [3.8, 4) is 22.3 Å². The lowest BCUT2D eigenvalue weighted by Gasteiger charge is -2.27. The number of hydrogen-bond donors (Lipinski definition) is 0. The van der Waals surface area contributed by atoms with Gasteiger partial charge >= 0.3 is 0 Å². The standard InChI is InChI=1S/C32H27N/c1-3-22-12-16-24(17-13-22)33(25-18-14-23(4-2)15-19-25)31-21-20-29-27-9-6-5-8-26(27)28-10-7-11-30(31)32(28)29/h5-21H,3-4H2,1-2H3.